The number of thiazole rings is 1. The molecule has 4 aromatic heterocycles. The first-order valence-electron chi connectivity index (χ1n) is 8.48. The number of aliphatic imine (C=N–C) groups is 1. The van der Waals surface area contributed by atoms with Crippen LogP contribution in [0.2, 0.25) is 0 Å². The lowest BCUT2D eigenvalue weighted by atomic mass is 10.2. The maximum atomic E-state index is 14.0. The molecule has 0 saturated heterocycles. The SMILES string of the molecule is Cn1c2nc(CC3N=C(N)SC3F)sc2c2cnn(Cc3cc[nH]n3)c(=O)c21. The van der Waals surface area contributed by atoms with E-state index in [9.17, 15) is 9.18 Å². The summed E-state index contributed by atoms with van der Waals surface area (Å²) in [5.74, 6) is 0. The Labute approximate surface area is 165 Å². The third kappa shape index (κ3) is 2.71. The number of halogens is 1. The van der Waals surface area contributed by atoms with E-state index in [1.165, 1.54) is 16.0 Å². The highest BCUT2D eigenvalue weighted by atomic mass is 32.2. The molecule has 12 heteroatoms. The normalized spacial score (nSPS) is 19.7. The van der Waals surface area contributed by atoms with Crippen LogP contribution >= 0.6 is 23.1 Å². The number of alkyl halides is 1. The van der Waals surface area contributed by atoms with Gasteiger partial charge in [-0.15, -0.1) is 11.3 Å². The van der Waals surface area contributed by atoms with E-state index in [0.717, 1.165) is 32.5 Å². The zero-order valence-electron chi connectivity index (χ0n) is 14.7. The predicted octanol–water partition coefficient (Wildman–Crippen LogP) is 1.38. The van der Waals surface area contributed by atoms with Gasteiger partial charge in [-0.2, -0.15) is 10.2 Å². The third-order valence-electron chi connectivity index (χ3n) is 4.65. The second kappa shape index (κ2) is 6.41. The number of amidine groups is 1. The first-order valence-corrected chi connectivity index (χ1v) is 10.2. The van der Waals surface area contributed by atoms with Crippen molar-refractivity contribution in [3.05, 3.63) is 39.5 Å². The van der Waals surface area contributed by atoms with Crippen LogP contribution in [0.4, 0.5) is 4.39 Å². The summed E-state index contributed by atoms with van der Waals surface area (Å²) >= 11 is 2.37. The van der Waals surface area contributed by atoms with E-state index in [1.54, 1.807) is 30.1 Å². The number of rotatable bonds is 4. The summed E-state index contributed by atoms with van der Waals surface area (Å²) in [5.41, 5.74) is 6.19. The Morgan fingerprint density at radius 2 is 2.29 bits per heavy atom. The van der Waals surface area contributed by atoms with Gasteiger partial charge in [0.1, 0.15) is 11.6 Å². The number of aromatic amines is 1. The molecule has 0 fully saturated rings. The number of nitrogens with zero attached hydrogens (tertiary/aromatic N) is 6. The van der Waals surface area contributed by atoms with Crippen LogP contribution < -0.4 is 11.3 Å². The highest BCUT2D eigenvalue weighted by Crippen LogP contribution is 2.34. The van der Waals surface area contributed by atoms with Crippen LogP contribution in [0.3, 0.4) is 0 Å². The van der Waals surface area contributed by atoms with Crippen LogP contribution in [0.15, 0.2) is 28.2 Å². The average Bonchev–Trinajstić information content (AvgIpc) is 3.40. The van der Waals surface area contributed by atoms with E-state index >= 15 is 0 Å². The van der Waals surface area contributed by atoms with Crippen molar-refractivity contribution in [1.82, 2.24) is 29.5 Å². The van der Waals surface area contributed by atoms with Gasteiger partial charge in [0.15, 0.2) is 16.3 Å². The van der Waals surface area contributed by atoms with Crippen LogP contribution in [0.1, 0.15) is 10.7 Å². The Bertz CT molecular complexity index is 1270. The molecule has 4 aromatic rings. The summed E-state index contributed by atoms with van der Waals surface area (Å²) in [6.07, 6.45) is 3.75. The molecule has 0 radical (unpaired) electrons. The lowest BCUT2D eigenvalue weighted by molar-refractivity contribution is 0.394. The molecule has 2 atom stereocenters. The van der Waals surface area contributed by atoms with Crippen LogP contribution in [-0.2, 0) is 20.0 Å². The second-order valence-corrected chi connectivity index (χ2v) is 8.65. The van der Waals surface area contributed by atoms with E-state index in [-0.39, 0.29) is 17.3 Å². The highest BCUT2D eigenvalue weighted by Gasteiger charge is 2.30. The minimum Gasteiger partial charge on any atom is -0.378 e. The van der Waals surface area contributed by atoms with Crippen molar-refractivity contribution >= 4 is 49.5 Å². The molecule has 1 aliphatic rings. The molecular weight excluding hydrogens is 403 g/mol. The Kier molecular flexibility index (Phi) is 3.98. The monoisotopic (exact) mass is 418 g/mol. The van der Waals surface area contributed by atoms with Crippen molar-refractivity contribution < 1.29 is 4.39 Å². The summed E-state index contributed by atoms with van der Waals surface area (Å²) in [6, 6.07) is 1.27. The fraction of sp³-hybridized carbons (Fsp3) is 0.312. The van der Waals surface area contributed by atoms with Crippen molar-refractivity contribution in [3.63, 3.8) is 0 Å². The second-order valence-electron chi connectivity index (χ2n) is 6.46. The largest absolute Gasteiger partial charge is 0.378 e. The molecule has 0 amide bonds. The summed E-state index contributed by atoms with van der Waals surface area (Å²) in [4.78, 5) is 21.7. The molecule has 0 aliphatic carbocycles. The quantitative estimate of drug-likeness (QED) is 0.517. The van der Waals surface area contributed by atoms with Gasteiger partial charge in [0, 0.05) is 25.1 Å². The van der Waals surface area contributed by atoms with Gasteiger partial charge in [-0.3, -0.25) is 14.9 Å². The fourth-order valence-corrected chi connectivity index (χ4v) is 5.22. The highest BCUT2D eigenvalue weighted by molar-refractivity contribution is 8.14. The third-order valence-corrected chi connectivity index (χ3v) is 6.64. The molecule has 144 valence electrons. The van der Waals surface area contributed by atoms with E-state index < -0.39 is 11.5 Å². The van der Waals surface area contributed by atoms with E-state index in [2.05, 4.69) is 25.3 Å². The molecular formula is C16H15FN8OS2. The number of aryl methyl sites for hydroxylation is 1. The summed E-state index contributed by atoms with van der Waals surface area (Å²) in [7, 11) is 1.80. The van der Waals surface area contributed by atoms with E-state index in [4.69, 9.17) is 5.73 Å². The maximum absolute atomic E-state index is 14.0. The predicted molar refractivity (Wildman–Crippen MR) is 107 cm³/mol. The Morgan fingerprint density at radius 3 is 3.00 bits per heavy atom. The molecule has 9 nitrogen and oxygen atoms in total. The van der Waals surface area contributed by atoms with E-state index in [0.29, 0.717) is 17.6 Å². The Balaban J connectivity index is 1.55. The standard InChI is InChI=1S/C16H15FN8OS2/c1-24-11-8(5-20-25(15(11)26)6-7-2-3-19-23-7)12-14(24)22-10(27-12)4-9-13(17)28-16(18)21-9/h2-3,5,9,13H,4,6H2,1H3,(H2,18,21)(H,19,23). The number of aromatic nitrogens is 6. The van der Waals surface area contributed by atoms with Crippen LogP contribution in [0.25, 0.3) is 21.3 Å². The minimum absolute atomic E-state index is 0.205. The fourth-order valence-electron chi connectivity index (χ4n) is 3.33. The zero-order valence-corrected chi connectivity index (χ0v) is 16.3. The van der Waals surface area contributed by atoms with Gasteiger partial charge < -0.3 is 10.3 Å². The number of fused-ring (bicyclic) bond motifs is 3. The molecule has 28 heavy (non-hydrogen) atoms. The molecule has 5 heterocycles. The Morgan fingerprint density at radius 1 is 1.43 bits per heavy atom. The lowest BCUT2D eigenvalue weighted by Gasteiger charge is -2.06. The van der Waals surface area contributed by atoms with Gasteiger partial charge in [-0.05, 0) is 17.8 Å². The summed E-state index contributed by atoms with van der Waals surface area (Å²) in [5, 5.41) is 12.9. The van der Waals surface area contributed by atoms with Gasteiger partial charge in [0.25, 0.3) is 5.56 Å². The minimum atomic E-state index is -1.15. The van der Waals surface area contributed by atoms with Gasteiger partial charge >= 0.3 is 0 Å². The number of nitrogens with one attached hydrogen (secondary N) is 1. The molecule has 2 unspecified atom stereocenters. The summed E-state index contributed by atoms with van der Waals surface area (Å²) < 4.78 is 18.0. The molecule has 0 aromatic carbocycles. The molecule has 5 rings (SSSR count). The van der Waals surface area contributed by atoms with Crippen molar-refractivity contribution in [2.24, 2.45) is 17.8 Å². The van der Waals surface area contributed by atoms with Crippen LogP contribution in [0.5, 0.6) is 0 Å². The summed E-state index contributed by atoms with van der Waals surface area (Å²) in [6.45, 7) is 0.284. The molecule has 0 saturated carbocycles. The van der Waals surface area contributed by atoms with Crippen molar-refractivity contribution in [3.8, 4) is 0 Å². The molecule has 0 spiro atoms. The van der Waals surface area contributed by atoms with Crippen LogP contribution in [0, 0.1) is 0 Å². The van der Waals surface area contributed by atoms with Gasteiger partial charge in [-0.25, -0.2) is 14.1 Å². The molecule has 1 aliphatic heterocycles. The Hall–Kier alpha value is -2.73. The number of thioether (sulfide) groups is 1. The average molecular weight is 418 g/mol. The topological polar surface area (TPSA) is 120 Å². The molecule has 0 bridgehead atoms. The number of H-pyrrole nitrogens is 1. The first-order chi connectivity index (χ1) is 13.5. The van der Waals surface area contributed by atoms with Crippen molar-refractivity contribution in [2.75, 3.05) is 0 Å². The maximum Gasteiger partial charge on any atom is 0.291 e. The molecule has 3 N–H and O–H groups in total. The number of hydrogen-bond donors (Lipinski definition) is 2. The van der Waals surface area contributed by atoms with E-state index in [1.807, 2.05) is 0 Å². The van der Waals surface area contributed by atoms with Gasteiger partial charge in [-0.1, -0.05) is 0 Å². The van der Waals surface area contributed by atoms with Gasteiger partial charge in [0.05, 0.1) is 28.1 Å². The van der Waals surface area contributed by atoms with Crippen molar-refractivity contribution in [1.29, 1.82) is 0 Å². The number of nitrogens with two attached hydrogens (primary N) is 1. The number of hydrogen-bond acceptors (Lipinski definition) is 8. The first kappa shape index (κ1) is 17.4. The van der Waals surface area contributed by atoms with Gasteiger partial charge in [0.2, 0.25) is 0 Å². The van der Waals surface area contributed by atoms with Crippen LogP contribution in [-0.4, -0.2) is 46.2 Å². The van der Waals surface area contributed by atoms with Crippen molar-refractivity contribution in [2.45, 2.75) is 24.5 Å². The smallest absolute Gasteiger partial charge is 0.291 e. The lowest BCUT2D eigenvalue weighted by Crippen LogP contribution is -2.24. The zero-order chi connectivity index (χ0) is 19.4.